The van der Waals surface area contributed by atoms with Crippen LogP contribution in [-0.4, -0.2) is 35.9 Å². The van der Waals surface area contributed by atoms with Gasteiger partial charge in [-0.2, -0.15) is 13.2 Å². The molecule has 0 saturated carbocycles. The molecule has 0 aliphatic carbocycles. The fourth-order valence-corrected chi connectivity index (χ4v) is 1.86. The van der Waals surface area contributed by atoms with Gasteiger partial charge >= 0.3 is 6.18 Å². The fourth-order valence-electron chi connectivity index (χ4n) is 1.67. The molecule has 7 heteroatoms. The Bertz CT molecular complexity index is 411. The van der Waals surface area contributed by atoms with Crippen molar-refractivity contribution in [1.29, 1.82) is 0 Å². The molecule has 19 heavy (non-hydrogen) atoms. The normalized spacial score (nSPS) is 12.2. The third kappa shape index (κ3) is 6.22. The second kappa shape index (κ2) is 7.07. The summed E-state index contributed by atoms with van der Waals surface area (Å²) in [7, 11) is 0. The van der Waals surface area contributed by atoms with Gasteiger partial charge in [0, 0.05) is 30.3 Å². The topological polar surface area (TPSA) is 23.5 Å². The lowest BCUT2D eigenvalue weighted by molar-refractivity contribution is -0.147. The summed E-state index contributed by atoms with van der Waals surface area (Å²) in [4.78, 5) is 1.03. The number of alkyl halides is 3. The second-order valence-corrected chi connectivity index (χ2v) is 4.58. The molecule has 1 aromatic rings. The van der Waals surface area contributed by atoms with Gasteiger partial charge in [0.15, 0.2) is 0 Å². The second-order valence-electron chi connectivity index (χ2n) is 4.14. The summed E-state index contributed by atoms with van der Waals surface area (Å²) < 4.78 is 50.6. The average molecular weight is 300 g/mol. The zero-order valence-electron chi connectivity index (χ0n) is 10.1. The van der Waals surface area contributed by atoms with Crippen molar-refractivity contribution in [2.24, 2.45) is 0 Å². The predicted molar refractivity (Wildman–Crippen MR) is 64.4 cm³/mol. The van der Waals surface area contributed by atoms with Crippen LogP contribution in [0.4, 0.5) is 17.6 Å². The van der Waals surface area contributed by atoms with Gasteiger partial charge in [0.05, 0.1) is 6.54 Å². The minimum atomic E-state index is -4.37. The molecule has 0 aliphatic heterocycles. The smallest absolute Gasteiger partial charge is 0.396 e. The Hall–Kier alpha value is -0.850. The number of nitrogens with zero attached hydrogens (tertiary/aromatic N) is 1. The molecule has 0 radical (unpaired) electrons. The zero-order valence-corrected chi connectivity index (χ0v) is 10.8. The molecule has 0 saturated heterocycles. The van der Waals surface area contributed by atoms with E-state index < -0.39 is 18.5 Å². The highest BCUT2D eigenvalue weighted by molar-refractivity contribution is 6.30. The number of benzene rings is 1. The van der Waals surface area contributed by atoms with E-state index in [1.54, 1.807) is 0 Å². The SMILES string of the molecule is OCCCN(Cc1cc(Cl)ccc1F)CC(F)(F)F. The lowest BCUT2D eigenvalue weighted by atomic mass is 10.2. The highest BCUT2D eigenvalue weighted by Gasteiger charge is 2.30. The van der Waals surface area contributed by atoms with Gasteiger partial charge in [0.1, 0.15) is 5.82 Å². The molecule has 0 aromatic heterocycles. The van der Waals surface area contributed by atoms with Crippen molar-refractivity contribution in [3.05, 3.63) is 34.6 Å². The van der Waals surface area contributed by atoms with E-state index in [0.717, 1.165) is 11.0 Å². The molecule has 0 bridgehead atoms. The van der Waals surface area contributed by atoms with Crippen molar-refractivity contribution in [2.45, 2.75) is 19.1 Å². The first-order chi connectivity index (χ1) is 8.81. The molecule has 0 amide bonds. The number of halogens is 5. The summed E-state index contributed by atoms with van der Waals surface area (Å²) in [5.74, 6) is -0.597. The van der Waals surface area contributed by atoms with E-state index in [0.29, 0.717) is 0 Å². The third-order valence-corrected chi connectivity index (χ3v) is 2.67. The van der Waals surface area contributed by atoms with Gasteiger partial charge in [0.25, 0.3) is 0 Å². The van der Waals surface area contributed by atoms with Crippen LogP contribution in [0.25, 0.3) is 0 Å². The molecule has 0 unspecified atom stereocenters. The molecule has 1 rings (SSSR count). The summed E-state index contributed by atoms with van der Waals surface area (Å²) in [5, 5.41) is 8.94. The van der Waals surface area contributed by atoms with Crippen LogP contribution in [0.2, 0.25) is 5.02 Å². The maximum absolute atomic E-state index is 13.5. The Kier molecular flexibility index (Phi) is 6.03. The molecule has 0 fully saturated rings. The minimum Gasteiger partial charge on any atom is -0.396 e. The molecular weight excluding hydrogens is 286 g/mol. The number of aliphatic hydroxyl groups is 1. The lowest BCUT2D eigenvalue weighted by Gasteiger charge is -2.23. The zero-order chi connectivity index (χ0) is 14.5. The molecule has 0 heterocycles. The highest BCUT2D eigenvalue weighted by Crippen LogP contribution is 2.21. The fraction of sp³-hybridized carbons (Fsp3) is 0.500. The van der Waals surface area contributed by atoms with Crippen molar-refractivity contribution in [3.63, 3.8) is 0 Å². The number of hydrogen-bond donors (Lipinski definition) is 1. The van der Waals surface area contributed by atoms with Crippen LogP contribution in [0.15, 0.2) is 18.2 Å². The van der Waals surface area contributed by atoms with Crippen LogP contribution in [0, 0.1) is 5.82 Å². The van der Waals surface area contributed by atoms with Crippen LogP contribution in [0.5, 0.6) is 0 Å². The van der Waals surface area contributed by atoms with Gasteiger partial charge in [-0.25, -0.2) is 4.39 Å². The van der Waals surface area contributed by atoms with Crippen molar-refractivity contribution < 1.29 is 22.7 Å². The summed E-state index contributed by atoms with van der Waals surface area (Å²) in [6, 6.07) is 3.76. The van der Waals surface area contributed by atoms with E-state index in [4.69, 9.17) is 16.7 Å². The Morgan fingerprint density at radius 3 is 2.53 bits per heavy atom. The van der Waals surface area contributed by atoms with Gasteiger partial charge in [0.2, 0.25) is 0 Å². The molecule has 1 aromatic carbocycles. The van der Waals surface area contributed by atoms with Crippen molar-refractivity contribution >= 4 is 11.6 Å². The van der Waals surface area contributed by atoms with Gasteiger partial charge in [-0.15, -0.1) is 0 Å². The monoisotopic (exact) mass is 299 g/mol. The quantitative estimate of drug-likeness (QED) is 0.815. The predicted octanol–water partition coefficient (Wildman–Crippen LogP) is 3.23. The standard InChI is InChI=1S/C12H14ClF4NO/c13-10-2-3-11(14)9(6-10)7-18(4-1-5-19)8-12(15,16)17/h2-3,6,19H,1,4-5,7-8H2. The first-order valence-corrected chi connectivity index (χ1v) is 6.03. The van der Waals surface area contributed by atoms with Crippen molar-refractivity contribution in [2.75, 3.05) is 19.7 Å². The Morgan fingerprint density at radius 2 is 1.95 bits per heavy atom. The van der Waals surface area contributed by atoms with E-state index in [1.807, 2.05) is 0 Å². The summed E-state index contributed by atoms with van der Waals surface area (Å²) in [6.07, 6.45) is -4.18. The number of rotatable bonds is 6. The maximum atomic E-state index is 13.5. The van der Waals surface area contributed by atoms with Crippen LogP contribution >= 0.6 is 11.6 Å². The molecule has 2 nitrogen and oxygen atoms in total. The molecule has 108 valence electrons. The lowest BCUT2D eigenvalue weighted by Crippen LogP contribution is -2.35. The molecule has 0 atom stereocenters. The Balaban J connectivity index is 2.78. The van der Waals surface area contributed by atoms with E-state index in [1.165, 1.54) is 12.1 Å². The molecule has 0 spiro atoms. The Morgan fingerprint density at radius 1 is 1.26 bits per heavy atom. The average Bonchev–Trinajstić information content (AvgIpc) is 2.29. The third-order valence-electron chi connectivity index (χ3n) is 2.44. The van der Waals surface area contributed by atoms with Gasteiger partial charge in [-0.3, -0.25) is 4.90 Å². The van der Waals surface area contributed by atoms with Crippen LogP contribution in [0.3, 0.4) is 0 Å². The van der Waals surface area contributed by atoms with Crippen molar-refractivity contribution in [3.8, 4) is 0 Å². The van der Waals surface area contributed by atoms with Gasteiger partial charge < -0.3 is 5.11 Å². The summed E-state index contributed by atoms with van der Waals surface area (Å²) in [5.41, 5.74) is 0.106. The maximum Gasteiger partial charge on any atom is 0.401 e. The molecular formula is C12H14ClF4NO. The first kappa shape index (κ1) is 16.2. The van der Waals surface area contributed by atoms with Crippen LogP contribution in [0.1, 0.15) is 12.0 Å². The van der Waals surface area contributed by atoms with Gasteiger partial charge in [-0.05, 0) is 24.6 Å². The van der Waals surface area contributed by atoms with Gasteiger partial charge in [-0.1, -0.05) is 11.6 Å². The highest BCUT2D eigenvalue weighted by atomic mass is 35.5. The summed E-state index contributed by atoms with van der Waals surface area (Å²) in [6.45, 7) is -1.54. The van der Waals surface area contributed by atoms with E-state index in [2.05, 4.69) is 0 Å². The van der Waals surface area contributed by atoms with Crippen LogP contribution < -0.4 is 0 Å². The van der Waals surface area contributed by atoms with Crippen molar-refractivity contribution in [1.82, 2.24) is 4.90 Å². The first-order valence-electron chi connectivity index (χ1n) is 5.65. The van der Waals surface area contributed by atoms with Crippen LogP contribution in [-0.2, 0) is 6.54 Å². The number of aliphatic hydroxyl groups excluding tert-OH is 1. The Labute approximate surface area is 113 Å². The molecule has 1 N–H and O–H groups in total. The number of hydrogen-bond acceptors (Lipinski definition) is 2. The van der Waals surface area contributed by atoms with E-state index >= 15 is 0 Å². The summed E-state index contributed by atoms with van der Waals surface area (Å²) >= 11 is 5.69. The van der Waals surface area contributed by atoms with E-state index in [9.17, 15) is 17.6 Å². The van der Waals surface area contributed by atoms with E-state index in [-0.39, 0.29) is 36.7 Å². The largest absolute Gasteiger partial charge is 0.401 e. The minimum absolute atomic E-state index is 0.0297. The molecule has 0 aliphatic rings.